The second kappa shape index (κ2) is 5.06. The van der Waals surface area contributed by atoms with Crippen LogP contribution in [0, 0.1) is 5.95 Å². The highest BCUT2D eigenvalue weighted by molar-refractivity contribution is 5.95. The summed E-state index contributed by atoms with van der Waals surface area (Å²) in [6.07, 6.45) is 0.197. The Labute approximate surface area is 90.6 Å². The van der Waals surface area contributed by atoms with Crippen LogP contribution in [-0.4, -0.2) is 23.0 Å². The van der Waals surface area contributed by atoms with Crippen LogP contribution < -0.4 is 15.8 Å². The highest BCUT2D eigenvalue weighted by Crippen LogP contribution is 2.14. The number of halogens is 1. The molecule has 3 N–H and O–H groups in total. The molecule has 16 heavy (non-hydrogen) atoms. The molecule has 6 nitrogen and oxygen atoms in total. The van der Waals surface area contributed by atoms with E-state index >= 15 is 0 Å². The number of hydrogen-bond donors (Lipinski definition) is 2. The molecule has 3 amide bonds. The number of pyridine rings is 1. The number of aromatic nitrogens is 1. The van der Waals surface area contributed by atoms with E-state index in [-0.39, 0.29) is 5.75 Å². The molecular weight excluding hydrogens is 217 g/mol. The van der Waals surface area contributed by atoms with E-state index < -0.39 is 24.0 Å². The molecule has 1 heterocycles. The normalized spacial score (nSPS) is 11.6. The van der Waals surface area contributed by atoms with Crippen molar-refractivity contribution in [1.29, 1.82) is 0 Å². The fourth-order valence-electron chi connectivity index (χ4n) is 0.926. The summed E-state index contributed by atoms with van der Waals surface area (Å²) < 4.78 is 18.0. The Kier molecular flexibility index (Phi) is 3.76. The van der Waals surface area contributed by atoms with E-state index in [1.54, 1.807) is 0 Å². The number of nitrogens with zero attached hydrogens (tertiary/aromatic N) is 1. The molecule has 0 aliphatic carbocycles. The van der Waals surface area contributed by atoms with Gasteiger partial charge in [-0.05, 0) is 19.1 Å². The summed E-state index contributed by atoms with van der Waals surface area (Å²) in [7, 11) is 0. The number of carbonyl (C=O) groups is 2. The van der Waals surface area contributed by atoms with Crippen LogP contribution in [0.25, 0.3) is 0 Å². The fraction of sp³-hybridized carbons (Fsp3) is 0.222. The minimum atomic E-state index is -1.05. The fourth-order valence-corrected chi connectivity index (χ4v) is 0.926. The highest BCUT2D eigenvalue weighted by atomic mass is 19.1. The Morgan fingerprint density at radius 2 is 2.31 bits per heavy atom. The van der Waals surface area contributed by atoms with Crippen LogP contribution in [0.4, 0.5) is 9.18 Å². The lowest BCUT2D eigenvalue weighted by Gasteiger charge is -2.12. The molecule has 7 heteroatoms. The second-order valence-electron chi connectivity index (χ2n) is 2.91. The predicted octanol–water partition coefficient (Wildman–Crippen LogP) is 0.183. The molecular formula is C9H10FN3O3. The summed E-state index contributed by atoms with van der Waals surface area (Å²) in [5, 5.41) is 1.81. The molecule has 0 bridgehead atoms. The number of nitrogens with two attached hydrogens (primary N) is 1. The van der Waals surface area contributed by atoms with Gasteiger partial charge >= 0.3 is 6.03 Å². The van der Waals surface area contributed by atoms with E-state index in [1.165, 1.54) is 25.3 Å². The molecule has 1 unspecified atom stereocenters. The second-order valence-corrected chi connectivity index (χ2v) is 2.91. The first kappa shape index (κ1) is 11.9. The number of carbonyl (C=O) groups excluding carboxylic acids is 2. The number of amides is 3. The number of rotatable bonds is 3. The van der Waals surface area contributed by atoms with Crippen LogP contribution in [0.5, 0.6) is 5.75 Å². The third-order valence-electron chi connectivity index (χ3n) is 1.64. The van der Waals surface area contributed by atoms with Crippen molar-refractivity contribution in [3.63, 3.8) is 0 Å². The third kappa shape index (κ3) is 3.19. The molecule has 0 fully saturated rings. The van der Waals surface area contributed by atoms with E-state index in [0.717, 1.165) is 0 Å². The number of ether oxygens (including phenoxy) is 1. The van der Waals surface area contributed by atoms with Gasteiger partial charge < -0.3 is 10.5 Å². The molecule has 86 valence electrons. The lowest BCUT2D eigenvalue weighted by Crippen LogP contribution is -2.42. The van der Waals surface area contributed by atoms with Crippen molar-refractivity contribution in [3.8, 4) is 5.75 Å². The summed E-state index contributed by atoms with van der Waals surface area (Å²) >= 11 is 0. The molecule has 0 spiro atoms. The van der Waals surface area contributed by atoms with Gasteiger partial charge in [0.2, 0.25) is 0 Å². The van der Waals surface area contributed by atoms with Gasteiger partial charge in [-0.2, -0.15) is 4.39 Å². The number of nitrogens with one attached hydrogen (secondary N) is 1. The molecule has 0 aliphatic heterocycles. The molecule has 1 aromatic heterocycles. The maximum atomic E-state index is 13.0. The Balaban J connectivity index is 2.64. The maximum Gasteiger partial charge on any atom is 0.318 e. The topological polar surface area (TPSA) is 94.3 Å². The van der Waals surface area contributed by atoms with Gasteiger partial charge in [0.15, 0.2) is 11.9 Å². The van der Waals surface area contributed by atoms with Gasteiger partial charge in [0, 0.05) is 6.20 Å². The van der Waals surface area contributed by atoms with Crippen molar-refractivity contribution in [2.75, 3.05) is 0 Å². The third-order valence-corrected chi connectivity index (χ3v) is 1.64. The lowest BCUT2D eigenvalue weighted by atomic mass is 10.3. The van der Waals surface area contributed by atoms with Crippen LogP contribution in [0.1, 0.15) is 6.92 Å². The number of hydrogen-bond acceptors (Lipinski definition) is 4. The monoisotopic (exact) mass is 227 g/mol. The molecule has 0 saturated heterocycles. The molecule has 0 aliphatic rings. The smallest absolute Gasteiger partial charge is 0.318 e. The number of primary amides is 1. The number of urea groups is 1. The summed E-state index contributed by atoms with van der Waals surface area (Å²) in [6.45, 7) is 1.35. The first-order valence-electron chi connectivity index (χ1n) is 4.38. The number of imide groups is 1. The van der Waals surface area contributed by atoms with Crippen molar-refractivity contribution in [3.05, 3.63) is 24.3 Å². The van der Waals surface area contributed by atoms with Crippen LogP contribution in [0.3, 0.4) is 0 Å². The van der Waals surface area contributed by atoms with E-state index in [0.29, 0.717) is 0 Å². The zero-order valence-corrected chi connectivity index (χ0v) is 8.44. The van der Waals surface area contributed by atoms with Crippen LogP contribution >= 0.6 is 0 Å². The van der Waals surface area contributed by atoms with Crippen LogP contribution in [-0.2, 0) is 4.79 Å². The van der Waals surface area contributed by atoms with Gasteiger partial charge in [0.05, 0.1) is 0 Å². The Bertz CT molecular complexity index is 411. The summed E-state index contributed by atoms with van der Waals surface area (Å²) in [5.41, 5.74) is 4.74. The largest absolute Gasteiger partial charge is 0.476 e. The van der Waals surface area contributed by atoms with Gasteiger partial charge in [-0.15, -0.1) is 0 Å². The first-order valence-corrected chi connectivity index (χ1v) is 4.38. The van der Waals surface area contributed by atoms with Gasteiger partial charge in [0.1, 0.15) is 0 Å². The molecule has 0 radical (unpaired) electrons. The standard InChI is InChI=1S/C9H10FN3O3/c1-5(8(14)13-9(11)15)16-6-3-2-4-12-7(6)10/h2-5H,1H3,(H3,11,13,14,15). The van der Waals surface area contributed by atoms with E-state index in [1.807, 2.05) is 5.32 Å². The summed E-state index contributed by atoms with van der Waals surface area (Å²) in [5.74, 6) is -1.76. The average molecular weight is 227 g/mol. The molecule has 1 rings (SSSR count). The quantitative estimate of drug-likeness (QED) is 0.720. The predicted molar refractivity (Wildman–Crippen MR) is 52.0 cm³/mol. The van der Waals surface area contributed by atoms with Crippen molar-refractivity contribution >= 4 is 11.9 Å². The summed E-state index contributed by atoms with van der Waals surface area (Å²) in [6, 6.07) is 1.78. The molecule has 0 aromatic carbocycles. The van der Waals surface area contributed by atoms with Crippen molar-refractivity contribution in [2.24, 2.45) is 5.73 Å². The lowest BCUT2D eigenvalue weighted by molar-refractivity contribution is -0.126. The van der Waals surface area contributed by atoms with Crippen LogP contribution in [0.2, 0.25) is 0 Å². The Morgan fingerprint density at radius 3 is 2.88 bits per heavy atom. The minimum absolute atomic E-state index is 0.172. The molecule has 0 saturated carbocycles. The average Bonchev–Trinajstić information content (AvgIpc) is 2.20. The van der Waals surface area contributed by atoms with E-state index in [9.17, 15) is 14.0 Å². The van der Waals surface area contributed by atoms with Crippen LogP contribution in [0.15, 0.2) is 18.3 Å². The highest BCUT2D eigenvalue weighted by Gasteiger charge is 2.17. The van der Waals surface area contributed by atoms with Crippen molar-refractivity contribution in [1.82, 2.24) is 10.3 Å². The maximum absolute atomic E-state index is 13.0. The Morgan fingerprint density at radius 1 is 1.62 bits per heavy atom. The van der Waals surface area contributed by atoms with Gasteiger partial charge in [-0.25, -0.2) is 9.78 Å². The van der Waals surface area contributed by atoms with Gasteiger partial charge in [-0.3, -0.25) is 10.1 Å². The van der Waals surface area contributed by atoms with Gasteiger partial charge in [0.25, 0.3) is 11.9 Å². The van der Waals surface area contributed by atoms with E-state index in [4.69, 9.17) is 10.5 Å². The minimum Gasteiger partial charge on any atom is -0.476 e. The van der Waals surface area contributed by atoms with Crippen molar-refractivity contribution < 1.29 is 18.7 Å². The molecule has 1 atom stereocenters. The van der Waals surface area contributed by atoms with Gasteiger partial charge in [-0.1, -0.05) is 0 Å². The zero-order valence-electron chi connectivity index (χ0n) is 8.44. The first-order chi connectivity index (χ1) is 7.50. The molecule has 1 aromatic rings. The Hall–Kier alpha value is -2.18. The summed E-state index contributed by atoms with van der Waals surface area (Å²) in [4.78, 5) is 24.9. The zero-order chi connectivity index (χ0) is 12.1. The van der Waals surface area contributed by atoms with E-state index in [2.05, 4.69) is 4.98 Å². The van der Waals surface area contributed by atoms with Crippen molar-refractivity contribution in [2.45, 2.75) is 13.0 Å². The SMILES string of the molecule is CC(Oc1cccnc1F)C(=O)NC(N)=O.